The average Bonchev–Trinajstić information content (AvgIpc) is 2.38. The largest absolute Gasteiger partial charge is 0.391 e. The van der Waals surface area contributed by atoms with Gasteiger partial charge < -0.3 is 11.1 Å². The Labute approximate surface area is 116 Å². The van der Waals surface area contributed by atoms with Crippen molar-refractivity contribution in [1.82, 2.24) is 5.32 Å². The summed E-state index contributed by atoms with van der Waals surface area (Å²) in [5, 5.41) is 3.12. The van der Waals surface area contributed by atoms with Crippen molar-refractivity contribution in [1.29, 1.82) is 0 Å². The van der Waals surface area contributed by atoms with Gasteiger partial charge in [0.15, 0.2) is 0 Å². The van der Waals surface area contributed by atoms with Crippen LogP contribution in [-0.4, -0.2) is 16.4 Å². The van der Waals surface area contributed by atoms with Crippen LogP contribution in [0.5, 0.6) is 0 Å². The molecule has 1 amide bonds. The Kier molecular flexibility index (Phi) is 5.57. The van der Waals surface area contributed by atoms with Crippen molar-refractivity contribution in [2.45, 2.75) is 64.8 Å². The number of amides is 1. The van der Waals surface area contributed by atoms with Gasteiger partial charge in [0.05, 0.1) is 10.5 Å². The van der Waals surface area contributed by atoms with Gasteiger partial charge >= 0.3 is 0 Å². The highest BCUT2D eigenvalue weighted by Crippen LogP contribution is 2.34. The quantitative estimate of drug-likeness (QED) is 0.755. The minimum absolute atomic E-state index is 0.0279. The van der Waals surface area contributed by atoms with Crippen LogP contribution in [0.4, 0.5) is 0 Å². The summed E-state index contributed by atoms with van der Waals surface area (Å²) in [5.41, 5.74) is 5.47. The topological polar surface area (TPSA) is 55.1 Å². The van der Waals surface area contributed by atoms with E-state index in [-0.39, 0.29) is 11.8 Å². The molecule has 1 saturated carbocycles. The summed E-state index contributed by atoms with van der Waals surface area (Å²) in [5.74, 6) is 0.869. The summed E-state index contributed by atoms with van der Waals surface area (Å²) in [6, 6.07) is 0. The molecule has 0 aromatic rings. The molecular weight excluding hydrogens is 244 g/mol. The van der Waals surface area contributed by atoms with E-state index in [1.807, 2.05) is 13.8 Å². The summed E-state index contributed by atoms with van der Waals surface area (Å²) < 4.78 is 0. The SMILES string of the molecule is CCC1CCC(NC(=O)C(C)CC)(C(N)=S)CC1. The first-order valence-corrected chi connectivity index (χ1v) is 7.48. The third kappa shape index (κ3) is 3.44. The van der Waals surface area contributed by atoms with Crippen molar-refractivity contribution in [3.8, 4) is 0 Å². The normalized spacial score (nSPS) is 29.6. The standard InChI is InChI=1S/C14H26N2OS/c1-4-10(3)12(17)16-14(13(15)18)8-6-11(5-2)7-9-14/h10-11H,4-9H2,1-3H3,(H2,15,18)(H,16,17). The van der Waals surface area contributed by atoms with Crippen LogP contribution in [0.3, 0.4) is 0 Å². The van der Waals surface area contributed by atoms with E-state index in [1.165, 1.54) is 6.42 Å². The minimum atomic E-state index is -0.429. The predicted octanol–water partition coefficient (Wildman–Crippen LogP) is 2.77. The van der Waals surface area contributed by atoms with Gasteiger partial charge in [0.1, 0.15) is 0 Å². The van der Waals surface area contributed by atoms with Crippen LogP contribution in [0.25, 0.3) is 0 Å². The molecule has 4 heteroatoms. The van der Waals surface area contributed by atoms with Gasteiger partial charge in [-0.25, -0.2) is 0 Å². The lowest BCUT2D eigenvalue weighted by Gasteiger charge is -2.40. The van der Waals surface area contributed by atoms with Gasteiger partial charge in [0.25, 0.3) is 0 Å². The number of carbonyl (C=O) groups excluding carboxylic acids is 1. The first kappa shape index (κ1) is 15.4. The highest BCUT2D eigenvalue weighted by atomic mass is 32.1. The lowest BCUT2D eigenvalue weighted by Crippen LogP contribution is -2.59. The zero-order valence-corrected chi connectivity index (χ0v) is 12.6. The van der Waals surface area contributed by atoms with Crippen LogP contribution in [0, 0.1) is 11.8 Å². The van der Waals surface area contributed by atoms with Crippen molar-refractivity contribution in [3.63, 3.8) is 0 Å². The summed E-state index contributed by atoms with van der Waals surface area (Å²) >= 11 is 5.21. The van der Waals surface area contributed by atoms with E-state index in [4.69, 9.17) is 18.0 Å². The molecule has 1 aliphatic rings. The second-order valence-corrected chi connectivity index (χ2v) is 6.04. The van der Waals surface area contributed by atoms with E-state index >= 15 is 0 Å². The molecule has 0 bridgehead atoms. The van der Waals surface area contributed by atoms with Gasteiger partial charge in [-0.3, -0.25) is 4.79 Å². The maximum atomic E-state index is 12.1. The maximum absolute atomic E-state index is 12.1. The Morgan fingerprint density at radius 3 is 2.39 bits per heavy atom. The molecule has 104 valence electrons. The molecule has 1 aliphatic carbocycles. The van der Waals surface area contributed by atoms with Crippen molar-refractivity contribution in [2.24, 2.45) is 17.6 Å². The summed E-state index contributed by atoms with van der Waals surface area (Å²) in [6.07, 6.45) is 6.04. The summed E-state index contributed by atoms with van der Waals surface area (Å²) in [7, 11) is 0. The fourth-order valence-electron chi connectivity index (χ4n) is 2.56. The Balaban J connectivity index is 2.71. The van der Waals surface area contributed by atoms with Crippen molar-refractivity contribution in [3.05, 3.63) is 0 Å². The number of nitrogens with one attached hydrogen (secondary N) is 1. The molecule has 0 heterocycles. The Bertz CT molecular complexity index is 309. The Morgan fingerprint density at radius 1 is 1.44 bits per heavy atom. The maximum Gasteiger partial charge on any atom is 0.223 e. The van der Waals surface area contributed by atoms with Crippen molar-refractivity contribution in [2.75, 3.05) is 0 Å². The number of rotatable bonds is 5. The Morgan fingerprint density at radius 2 is 2.00 bits per heavy atom. The van der Waals surface area contributed by atoms with Gasteiger partial charge in [0, 0.05) is 5.92 Å². The van der Waals surface area contributed by atoms with Crippen molar-refractivity contribution >= 4 is 23.1 Å². The lowest BCUT2D eigenvalue weighted by atomic mass is 9.75. The second kappa shape index (κ2) is 6.50. The van der Waals surface area contributed by atoms with Gasteiger partial charge in [-0.15, -0.1) is 0 Å². The first-order valence-electron chi connectivity index (χ1n) is 7.07. The van der Waals surface area contributed by atoms with E-state index < -0.39 is 5.54 Å². The highest BCUT2D eigenvalue weighted by molar-refractivity contribution is 7.80. The molecular formula is C14H26N2OS. The molecule has 1 atom stereocenters. The van der Waals surface area contributed by atoms with E-state index in [1.54, 1.807) is 0 Å². The smallest absolute Gasteiger partial charge is 0.223 e. The molecule has 1 unspecified atom stereocenters. The predicted molar refractivity (Wildman–Crippen MR) is 79.4 cm³/mol. The minimum Gasteiger partial charge on any atom is -0.391 e. The molecule has 0 aromatic carbocycles. The zero-order chi connectivity index (χ0) is 13.8. The molecule has 3 nitrogen and oxygen atoms in total. The van der Waals surface area contributed by atoms with Crippen molar-refractivity contribution < 1.29 is 4.79 Å². The molecule has 0 aliphatic heterocycles. The highest BCUT2D eigenvalue weighted by Gasteiger charge is 2.39. The van der Waals surface area contributed by atoms with E-state index in [2.05, 4.69) is 12.2 Å². The van der Waals surface area contributed by atoms with Crippen LogP contribution >= 0.6 is 12.2 Å². The molecule has 1 fully saturated rings. The summed E-state index contributed by atoms with van der Waals surface area (Å²) in [6.45, 7) is 6.18. The van der Waals surface area contributed by atoms with Crippen LogP contribution in [-0.2, 0) is 4.79 Å². The van der Waals surface area contributed by atoms with Crippen LogP contribution in [0.2, 0.25) is 0 Å². The van der Waals surface area contributed by atoms with Gasteiger partial charge in [-0.2, -0.15) is 0 Å². The van der Waals surface area contributed by atoms with E-state index in [0.29, 0.717) is 4.99 Å². The average molecular weight is 270 g/mol. The van der Waals surface area contributed by atoms with Crippen LogP contribution in [0.1, 0.15) is 59.3 Å². The third-order valence-corrected chi connectivity index (χ3v) is 4.82. The van der Waals surface area contributed by atoms with Crippen LogP contribution in [0.15, 0.2) is 0 Å². The fourth-order valence-corrected chi connectivity index (χ4v) is 2.81. The fraction of sp³-hybridized carbons (Fsp3) is 0.857. The molecule has 1 rings (SSSR count). The number of nitrogens with two attached hydrogens (primary N) is 1. The number of carbonyl (C=O) groups is 1. The Hall–Kier alpha value is -0.640. The molecule has 0 radical (unpaired) electrons. The number of hydrogen-bond donors (Lipinski definition) is 2. The van der Waals surface area contributed by atoms with E-state index in [0.717, 1.165) is 38.0 Å². The molecule has 0 aromatic heterocycles. The van der Waals surface area contributed by atoms with Crippen LogP contribution < -0.4 is 11.1 Å². The molecule has 0 spiro atoms. The monoisotopic (exact) mass is 270 g/mol. The molecule has 3 N–H and O–H groups in total. The lowest BCUT2D eigenvalue weighted by molar-refractivity contribution is -0.126. The zero-order valence-electron chi connectivity index (χ0n) is 11.8. The van der Waals surface area contributed by atoms with Gasteiger partial charge in [-0.1, -0.05) is 39.4 Å². The number of thiocarbonyl (C=S) groups is 1. The number of hydrogen-bond acceptors (Lipinski definition) is 2. The molecule has 0 saturated heterocycles. The first-order chi connectivity index (χ1) is 8.45. The third-order valence-electron chi connectivity index (χ3n) is 4.43. The van der Waals surface area contributed by atoms with Gasteiger partial charge in [0.2, 0.25) is 5.91 Å². The molecule has 18 heavy (non-hydrogen) atoms. The summed E-state index contributed by atoms with van der Waals surface area (Å²) in [4.78, 5) is 12.5. The second-order valence-electron chi connectivity index (χ2n) is 5.60. The van der Waals surface area contributed by atoms with E-state index in [9.17, 15) is 4.79 Å². The van der Waals surface area contributed by atoms with Gasteiger partial charge in [-0.05, 0) is 38.0 Å².